The van der Waals surface area contributed by atoms with Crippen LogP contribution >= 0.6 is 12.2 Å². The molecule has 4 N–H and O–H groups in total. The molecule has 1 aliphatic carbocycles. The maximum Gasteiger partial charge on any atom is 0.269 e. The van der Waals surface area contributed by atoms with Gasteiger partial charge in [-0.1, -0.05) is 26.7 Å². The fourth-order valence-corrected chi connectivity index (χ4v) is 3.51. The predicted octanol–water partition coefficient (Wildman–Crippen LogP) is 2.03. The lowest BCUT2D eigenvalue weighted by atomic mass is 9.78. The van der Waals surface area contributed by atoms with E-state index < -0.39 is 10.8 Å². The van der Waals surface area contributed by atoms with Crippen LogP contribution in [0.2, 0.25) is 0 Å². The first-order valence-corrected chi connectivity index (χ1v) is 10.1. The van der Waals surface area contributed by atoms with E-state index in [1.54, 1.807) is 0 Å². The predicted molar refractivity (Wildman–Crippen MR) is 113 cm³/mol. The van der Waals surface area contributed by atoms with Crippen molar-refractivity contribution in [2.24, 2.45) is 11.8 Å². The van der Waals surface area contributed by atoms with E-state index >= 15 is 0 Å². The first kappa shape index (κ1) is 22.5. The van der Waals surface area contributed by atoms with Crippen LogP contribution in [0.3, 0.4) is 0 Å². The molecule has 0 bridgehead atoms. The van der Waals surface area contributed by atoms with Crippen LogP contribution in [0.25, 0.3) is 0 Å². The Hall–Kier alpha value is -2.75. The molecule has 2 amide bonds. The van der Waals surface area contributed by atoms with Gasteiger partial charge in [0.15, 0.2) is 5.11 Å². The molecule has 0 unspecified atom stereocenters. The Morgan fingerprint density at radius 1 is 1.17 bits per heavy atom. The highest BCUT2D eigenvalue weighted by Crippen LogP contribution is 2.29. The second-order valence-corrected chi connectivity index (χ2v) is 7.74. The van der Waals surface area contributed by atoms with Crippen LogP contribution in [0.15, 0.2) is 24.3 Å². The molecule has 3 atom stereocenters. The molecule has 1 aromatic carbocycles. The summed E-state index contributed by atoms with van der Waals surface area (Å²) in [5, 5.41) is 16.8. The van der Waals surface area contributed by atoms with Gasteiger partial charge in [-0.15, -0.1) is 0 Å². The second-order valence-electron chi connectivity index (χ2n) is 7.33. The molecule has 1 fully saturated rings. The van der Waals surface area contributed by atoms with Crippen molar-refractivity contribution in [3.63, 3.8) is 0 Å². The zero-order chi connectivity index (χ0) is 21.4. The molecule has 2 rings (SSSR count). The summed E-state index contributed by atoms with van der Waals surface area (Å²) in [6, 6.07) is 5.54. The average molecular weight is 422 g/mol. The number of benzene rings is 1. The van der Waals surface area contributed by atoms with E-state index in [2.05, 4.69) is 35.3 Å². The number of nitrogens with zero attached hydrogens (tertiary/aromatic N) is 1. The van der Waals surface area contributed by atoms with Crippen molar-refractivity contribution in [2.75, 3.05) is 6.54 Å². The first-order chi connectivity index (χ1) is 13.8. The highest BCUT2D eigenvalue weighted by atomic mass is 32.1. The van der Waals surface area contributed by atoms with Gasteiger partial charge in [0.05, 0.1) is 4.92 Å². The molecule has 0 spiro atoms. The third-order valence-electron chi connectivity index (χ3n) is 5.32. The molecular weight excluding hydrogens is 394 g/mol. The van der Waals surface area contributed by atoms with Crippen molar-refractivity contribution >= 4 is 34.8 Å². The molecular formula is C19H27N5O4S. The van der Waals surface area contributed by atoms with Crippen LogP contribution in [0, 0.1) is 22.0 Å². The van der Waals surface area contributed by atoms with Crippen LogP contribution in [0.4, 0.5) is 5.69 Å². The van der Waals surface area contributed by atoms with Gasteiger partial charge in [0.25, 0.3) is 11.6 Å². The lowest BCUT2D eigenvalue weighted by Gasteiger charge is -2.35. The van der Waals surface area contributed by atoms with Gasteiger partial charge in [-0.25, -0.2) is 0 Å². The molecule has 1 aromatic rings. The number of carbonyl (C=O) groups excluding carboxylic acids is 2. The normalized spacial score (nSPS) is 21.0. The van der Waals surface area contributed by atoms with Crippen molar-refractivity contribution in [1.29, 1.82) is 0 Å². The smallest absolute Gasteiger partial charge is 0.269 e. The Morgan fingerprint density at radius 2 is 1.86 bits per heavy atom. The molecule has 10 heteroatoms. The molecule has 29 heavy (non-hydrogen) atoms. The van der Waals surface area contributed by atoms with Crippen molar-refractivity contribution in [3.8, 4) is 0 Å². The number of nitrogens with one attached hydrogen (secondary N) is 4. The average Bonchev–Trinajstić information content (AvgIpc) is 2.70. The summed E-state index contributed by atoms with van der Waals surface area (Å²) in [5.41, 5.74) is 5.41. The number of non-ortho nitro benzene ring substituents is 1. The third kappa shape index (κ3) is 6.97. The maximum atomic E-state index is 12.0. The number of thiocarbonyl (C=S) groups is 1. The largest absolute Gasteiger partial charge is 0.358 e. The van der Waals surface area contributed by atoms with Gasteiger partial charge in [-0.05, 0) is 42.6 Å². The Labute approximate surface area is 175 Å². The van der Waals surface area contributed by atoms with Crippen LogP contribution in [0.5, 0.6) is 0 Å². The summed E-state index contributed by atoms with van der Waals surface area (Å²) < 4.78 is 0. The quantitative estimate of drug-likeness (QED) is 0.315. The standard InChI is InChI=1S/C19H27N5O4S/c1-12-4-3-5-16(13(12)2)21-19(29)23-22-17(25)10-11-20-18(26)14-6-8-15(9-7-14)24(27)28/h6-9,12-13,16H,3-5,10-11H2,1-2H3,(H,20,26)(H,22,25)(H2,21,23,29)/t12-,13-,16-/m1/s1. The molecule has 9 nitrogen and oxygen atoms in total. The summed E-state index contributed by atoms with van der Waals surface area (Å²) >= 11 is 5.24. The summed E-state index contributed by atoms with van der Waals surface area (Å²) in [5.74, 6) is 0.424. The van der Waals surface area contributed by atoms with Gasteiger partial charge in [-0.3, -0.25) is 30.6 Å². The summed E-state index contributed by atoms with van der Waals surface area (Å²) in [4.78, 5) is 34.0. The van der Waals surface area contributed by atoms with Crippen molar-refractivity contribution in [1.82, 2.24) is 21.5 Å². The number of hydrazine groups is 1. The number of amides is 2. The molecule has 1 aliphatic rings. The number of hydrogen-bond acceptors (Lipinski definition) is 5. The fraction of sp³-hybridized carbons (Fsp3) is 0.526. The molecule has 158 valence electrons. The van der Waals surface area contributed by atoms with Gasteiger partial charge in [0.1, 0.15) is 0 Å². The van der Waals surface area contributed by atoms with E-state index in [1.165, 1.54) is 30.7 Å². The molecule has 1 saturated carbocycles. The SMILES string of the molecule is C[C@@H]1[C@H](C)CCC[C@H]1NC(=S)NNC(=O)CCNC(=O)c1ccc([N+](=O)[O-])cc1. The van der Waals surface area contributed by atoms with E-state index in [0.717, 1.165) is 12.8 Å². The van der Waals surface area contributed by atoms with Gasteiger partial charge in [0.2, 0.25) is 5.91 Å². The minimum absolute atomic E-state index is 0.0607. The Morgan fingerprint density at radius 3 is 2.52 bits per heavy atom. The number of carbonyl (C=O) groups is 2. The molecule has 0 saturated heterocycles. The van der Waals surface area contributed by atoms with Gasteiger partial charge >= 0.3 is 0 Å². The van der Waals surface area contributed by atoms with E-state index in [-0.39, 0.29) is 36.2 Å². The van der Waals surface area contributed by atoms with E-state index in [9.17, 15) is 19.7 Å². The molecule has 0 radical (unpaired) electrons. The highest BCUT2D eigenvalue weighted by molar-refractivity contribution is 7.80. The van der Waals surface area contributed by atoms with Gasteiger partial charge in [0, 0.05) is 36.7 Å². The highest BCUT2D eigenvalue weighted by Gasteiger charge is 2.27. The lowest BCUT2D eigenvalue weighted by molar-refractivity contribution is -0.384. The van der Waals surface area contributed by atoms with Gasteiger partial charge < -0.3 is 10.6 Å². The summed E-state index contributed by atoms with van der Waals surface area (Å²) in [7, 11) is 0. The minimum atomic E-state index is -0.534. The lowest BCUT2D eigenvalue weighted by Crippen LogP contribution is -2.52. The number of rotatable bonds is 6. The van der Waals surface area contributed by atoms with Crippen LogP contribution in [-0.2, 0) is 4.79 Å². The van der Waals surface area contributed by atoms with Crippen molar-refractivity contribution in [2.45, 2.75) is 45.6 Å². The maximum absolute atomic E-state index is 12.0. The second kappa shape index (κ2) is 10.7. The summed E-state index contributed by atoms with van der Waals surface area (Å²) in [6.07, 6.45) is 3.50. The molecule has 0 heterocycles. The Kier molecular flexibility index (Phi) is 8.32. The van der Waals surface area contributed by atoms with Gasteiger partial charge in [-0.2, -0.15) is 0 Å². The number of nitro benzene ring substituents is 1. The van der Waals surface area contributed by atoms with Crippen molar-refractivity contribution in [3.05, 3.63) is 39.9 Å². The zero-order valence-corrected chi connectivity index (χ0v) is 17.4. The number of hydrogen-bond donors (Lipinski definition) is 4. The van der Waals surface area contributed by atoms with Crippen molar-refractivity contribution < 1.29 is 14.5 Å². The summed E-state index contributed by atoms with van der Waals surface area (Å²) in [6.45, 7) is 4.57. The Bertz CT molecular complexity index is 755. The fourth-order valence-electron chi connectivity index (χ4n) is 3.31. The Balaban J connectivity index is 1.65. The monoisotopic (exact) mass is 421 g/mol. The van der Waals surface area contributed by atoms with Crippen LogP contribution in [0.1, 0.15) is 49.9 Å². The molecule has 0 aromatic heterocycles. The van der Waals surface area contributed by atoms with Crippen LogP contribution < -0.4 is 21.5 Å². The van der Waals surface area contributed by atoms with Crippen LogP contribution in [-0.4, -0.2) is 34.4 Å². The number of nitro groups is 1. The van der Waals surface area contributed by atoms with E-state index in [1.807, 2.05) is 0 Å². The molecule has 0 aliphatic heterocycles. The first-order valence-electron chi connectivity index (χ1n) is 9.66. The van der Waals surface area contributed by atoms with E-state index in [4.69, 9.17) is 12.2 Å². The third-order valence-corrected chi connectivity index (χ3v) is 5.54. The van der Waals surface area contributed by atoms with E-state index in [0.29, 0.717) is 16.9 Å². The zero-order valence-electron chi connectivity index (χ0n) is 16.6. The minimum Gasteiger partial charge on any atom is -0.358 e. The topological polar surface area (TPSA) is 125 Å².